The molecule has 3 N–H and O–H groups in total. The van der Waals surface area contributed by atoms with Crippen LogP contribution in [0.1, 0.15) is 25.7 Å². The SMILES string of the molecule is CC(N)C(C)c1nc(-c2ccc(O)cc2)no1. The monoisotopic (exact) mass is 233 g/mol. The first-order valence-electron chi connectivity index (χ1n) is 5.46. The quantitative estimate of drug-likeness (QED) is 0.845. The van der Waals surface area contributed by atoms with E-state index in [-0.39, 0.29) is 17.7 Å². The van der Waals surface area contributed by atoms with Crippen molar-refractivity contribution in [1.29, 1.82) is 0 Å². The number of aromatic nitrogens is 2. The van der Waals surface area contributed by atoms with Crippen molar-refractivity contribution >= 4 is 0 Å². The normalized spacial score (nSPS) is 14.5. The number of hydrogen-bond acceptors (Lipinski definition) is 5. The highest BCUT2D eigenvalue weighted by Crippen LogP contribution is 2.22. The summed E-state index contributed by atoms with van der Waals surface area (Å²) in [5, 5.41) is 13.1. The summed E-state index contributed by atoms with van der Waals surface area (Å²) >= 11 is 0. The van der Waals surface area contributed by atoms with Crippen LogP contribution in [-0.4, -0.2) is 21.3 Å². The smallest absolute Gasteiger partial charge is 0.231 e. The summed E-state index contributed by atoms with van der Waals surface area (Å²) in [6, 6.07) is 6.60. The fourth-order valence-corrected chi connectivity index (χ4v) is 1.37. The van der Waals surface area contributed by atoms with E-state index in [1.165, 1.54) is 0 Å². The Morgan fingerprint density at radius 1 is 1.24 bits per heavy atom. The number of phenolic OH excluding ortho intramolecular Hbond substituents is 1. The van der Waals surface area contributed by atoms with Crippen LogP contribution in [-0.2, 0) is 0 Å². The molecule has 2 atom stereocenters. The highest BCUT2D eigenvalue weighted by atomic mass is 16.5. The molecule has 17 heavy (non-hydrogen) atoms. The molecule has 5 nitrogen and oxygen atoms in total. The minimum Gasteiger partial charge on any atom is -0.508 e. The molecule has 0 fully saturated rings. The average Bonchev–Trinajstić information content (AvgIpc) is 2.78. The van der Waals surface area contributed by atoms with Gasteiger partial charge in [-0.05, 0) is 31.2 Å². The molecule has 0 saturated carbocycles. The van der Waals surface area contributed by atoms with Crippen molar-refractivity contribution in [1.82, 2.24) is 10.1 Å². The summed E-state index contributed by atoms with van der Waals surface area (Å²) < 4.78 is 5.17. The van der Waals surface area contributed by atoms with Crippen LogP contribution in [0.3, 0.4) is 0 Å². The molecule has 1 heterocycles. The molecule has 2 rings (SSSR count). The summed E-state index contributed by atoms with van der Waals surface area (Å²) in [7, 11) is 0. The molecule has 0 aliphatic carbocycles. The van der Waals surface area contributed by atoms with E-state index in [0.29, 0.717) is 11.7 Å². The molecule has 0 radical (unpaired) electrons. The summed E-state index contributed by atoms with van der Waals surface area (Å²) in [6.45, 7) is 3.84. The lowest BCUT2D eigenvalue weighted by Crippen LogP contribution is -2.22. The minimum atomic E-state index is -0.0388. The van der Waals surface area contributed by atoms with E-state index < -0.39 is 0 Å². The lowest BCUT2D eigenvalue weighted by atomic mass is 10.1. The van der Waals surface area contributed by atoms with Crippen LogP contribution in [0.5, 0.6) is 5.75 Å². The van der Waals surface area contributed by atoms with E-state index in [1.807, 2.05) is 13.8 Å². The zero-order valence-corrected chi connectivity index (χ0v) is 9.79. The van der Waals surface area contributed by atoms with Gasteiger partial charge in [-0.1, -0.05) is 12.1 Å². The molecule has 0 aliphatic heterocycles. The number of hydrogen-bond donors (Lipinski definition) is 2. The van der Waals surface area contributed by atoms with Gasteiger partial charge >= 0.3 is 0 Å². The van der Waals surface area contributed by atoms with Gasteiger partial charge in [0.2, 0.25) is 11.7 Å². The van der Waals surface area contributed by atoms with Crippen molar-refractivity contribution in [3.63, 3.8) is 0 Å². The molecule has 0 aliphatic rings. The van der Waals surface area contributed by atoms with E-state index in [0.717, 1.165) is 5.56 Å². The summed E-state index contributed by atoms with van der Waals surface area (Å²) in [5.74, 6) is 1.27. The third kappa shape index (κ3) is 2.45. The predicted molar refractivity (Wildman–Crippen MR) is 63.5 cm³/mol. The van der Waals surface area contributed by atoms with Gasteiger partial charge in [-0.25, -0.2) is 0 Å². The van der Waals surface area contributed by atoms with Gasteiger partial charge in [0.25, 0.3) is 0 Å². The maximum Gasteiger partial charge on any atom is 0.231 e. The van der Waals surface area contributed by atoms with Crippen LogP contribution in [0.25, 0.3) is 11.4 Å². The molecule has 2 unspecified atom stereocenters. The van der Waals surface area contributed by atoms with E-state index in [4.69, 9.17) is 10.3 Å². The third-order valence-electron chi connectivity index (χ3n) is 2.75. The van der Waals surface area contributed by atoms with E-state index >= 15 is 0 Å². The zero-order valence-electron chi connectivity index (χ0n) is 9.79. The van der Waals surface area contributed by atoms with Gasteiger partial charge < -0.3 is 15.4 Å². The first kappa shape index (κ1) is 11.6. The summed E-state index contributed by atoms with van der Waals surface area (Å²) in [5.41, 5.74) is 6.58. The fourth-order valence-electron chi connectivity index (χ4n) is 1.37. The van der Waals surface area contributed by atoms with Crippen LogP contribution >= 0.6 is 0 Å². The van der Waals surface area contributed by atoms with Gasteiger partial charge in [0, 0.05) is 11.6 Å². The minimum absolute atomic E-state index is 0.0216. The second kappa shape index (κ2) is 4.55. The fraction of sp³-hybridized carbons (Fsp3) is 0.333. The van der Waals surface area contributed by atoms with Crippen LogP contribution in [0.4, 0.5) is 0 Å². The first-order chi connectivity index (χ1) is 8.08. The molecule has 1 aromatic carbocycles. The van der Waals surface area contributed by atoms with Gasteiger partial charge in [0.15, 0.2) is 0 Å². The molecule has 0 spiro atoms. The second-order valence-corrected chi connectivity index (χ2v) is 4.15. The van der Waals surface area contributed by atoms with Gasteiger partial charge in [0.1, 0.15) is 5.75 Å². The molecule has 2 aromatic rings. The maximum atomic E-state index is 9.19. The lowest BCUT2D eigenvalue weighted by molar-refractivity contribution is 0.346. The van der Waals surface area contributed by atoms with Gasteiger partial charge in [0.05, 0.1) is 5.92 Å². The molecule has 0 saturated heterocycles. The highest BCUT2D eigenvalue weighted by Gasteiger charge is 2.18. The summed E-state index contributed by atoms with van der Waals surface area (Å²) in [4.78, 5) is 4.29. The van der Waals surface area contributed by atoms with Crippen LogP contribution < -0.4 is 5.73 Å². The van der Waals surface area contributed by atoms with E-state index in [9.17, 15) is 5.11 Å². The van der Waals surface area contributed by atoms with Gasteiger partial charge in [-0.2, -0.15) is 4.98 Å². The molecular weight excluding hydrogens is 218 g/mol. The molecule has 1 aromatic heterocycles. The lowest BCUT2D eigenvalue weighted by Gasteiger charge is -2.09. The summed E-state index contributed by atoms with van der Waals surface area (Å²) in [6.07, 6.45) is 0. The van der Waals surface area contributed by atoms with Crippen molar-refractivity contribution in [2.24, 2.45) is 5.73 Å². The van der Waals surface area contributed by atoms with Crippen molar-refractivity contribution in [3.8, 4) is 17.1 Å². The standard InChI is InChI=1S/C12H15N3O2/c1-7(8(2)13)12-14-11(15-17-12)9-3-5-10(16)6-4-9/h3-8,16H,13H2,1-2H3. The van der Waals surface area contributed by atoms with E-state index in [1.54, 1.807) is 24.3 Å². The second-order valence-electron chi connectivity index (χ2n) is 4.15. The van der Waals surface area contributed by atoms with Crippen molar-refractivity contribution < 1.29 is 9.63 Å². The Balaban J connectivity index is 2.26. The molecular formula is C12H15N3O2. The topological polar surface area (TPSA) is 85.2 Å². The highest BCUT2D eigenvalue weighted by molar-refractivity contribution is 5.55. The van der Waals surface area contributed by atoms with Gasteiger partial charge in [-0.3, -0.25) is 0 Å². The number of nitrogens with zero attached hydrogens (tertiary/aromatic N) is 2. The van der Waals surface area contributed by atoms with Crippen molar-refractivity contribution in [2.45, 2.75) is 25.8 Å². The third-order valence-corrected chi connectivity index (χ3v) is 2.75. The van der Waals surface area contributed by atoms with Gasteiger partial charge in [-0.15, -0.1) is 0 Å². The number of phenols is 1. The molecule has 0 amide bonds. The average molecular weight is 233 g/mol. The number of aromatic hydroxyl groups is 1. The number of benzene rings is 1. The number of nitrogens with two attached hydrogens (primary N) is 1. The maximum absolute atomic E-state index is 9.19. The Morgan fingerprint density at radius 2 is 1.88 bits per heavy atom. The van der Waals surface area contributed by atoms with Crippen LogP contribution in [0.2, 0.25) is 0 Å². The Morgan fingerprint density at radius 3 is 2.47 bits per heavy atom. The Hall–Kier alpha value is -1.88. The predicted octanol–water partition coefficient (Wildman–Crippen LogP) is 1.89. The first-order valence-corrected chi connectivity index (χ1v) is 5.46. The Labute approximate surface area is 99.3 Å². The van der Waals surface area contributed by atoms with Crippen LogP contribution in [0, 0.1) is 0 Å². The van der Waals surface area contributed by atoms with Crippen LogP contribution in [0.15, 0.2) is 28.8 Å². The molecule has 0 bridgehead atoms. The Kier molecular flexibility index (Phi) is 3.10. The zero-order chi connectivity index (χ0) is 12.4. The largest absolute Gasteiger partial charge is 0.508 e. The van der Waals surface area contributed by atoms with E-state index in [2.05, 4.69) is 10.1 Å². The molecule has 90 valence electrons. The number of rotatable bonds is 3. The van der Waals surface area contributed by atoms with Crippen molar-refractivity contribution in [2.75, 3.05) is 0 Å². The van der Waals surface area contributed by atoms with Crippen molar-refractivity contribution in [3.05, 3.63) is 30.2 Å². The Bertz CT molecular complexity index is 491. The molecule has 5 heteroatoms.